The molecule has 0 aliphatic carbocycles. The van der Waals surface area contributed by atoms with E-state index in [1.54, 1.807) is 17.0 Å². The van der Waals surface area contributed by atoms with Crippen LogP contribution >= 0.6 is 11.6 Å². The molecule has 1 aromatic heterocycles. The third-order valence-electron chi connectivity index (χ3n) is 5.08. The number of nitrogens with one attached hydrogen (secondary N) is 2. The molecule has 0 spiro atoms. The maximum atomic E-state index is 12.8. The lowest BCUT2D eigenvalue weighted by Crippen LogP contribution is -2.61. The van der Waals surface area contributed by atoms with Gasteiger partial charge in [-0.05, 0) is 26.0 Å². The second-order valence-electron chi connectivity index (χ2n) is 7.20. The van der Waals surface area contributed by atoms with E-state index >= 15 is 0 Å². The molecule has 3 rings (SSSR count). The van der Waals surface area contributed by atoms with Gasteiger partial charge in [-0.25, -0.2) is 9.78 Å². The lowest BCUT2D eigenvalue weighted by molar-refractivity contribution is -0.136. The number of urea groups is 1. The van der Waals surface area contributed by atoms with Crippen LogP contribution in [0.25, 0.3) is 0 Å². The van der Waals surface area contributed by atoms with E-state index < -0.39 is 0 Å². The minimum atomic E-state index is -0.210. The van der Waals surface area contributed by atoms with Crippen molar-refractivity contribution < 1.29 is 9.59 Å². The molecule has 8 nitrogen and oxygen atoms in total. The Morgan fingerprint density at radius 1 is 1.19 bits per heavy atom. The quantitative estimate of drug-likeness (QED) is 0.802. The minimum absolute atomic E-state index is 0.125. The summed E-state index contributed by atoms with van der Waals surface area (Å²) in [6, 6.07) is 3.40. The molecule has 1 aromatic rings. The van der Waals surface area contributed by atoms with Crippen LogP contribution in [-0.4, -0.2) is 89.5 Å². The molecule has 9 heteroatoms. The van der Waals surface area contributed by atoms with Crippen LogP contribution in [-0.2, 0) is 4.79 Å². The average Bonchev–Trinajstić information content (AvgIpc) is 2.69. The number of carbonyl (C=O) groups excluding carboxylic acids is 2. The van der Waals surface area contributed by atoms with E-state index in [-0.39, 0.29) is 18.0 Å². The molecule has 0 aromatic carbocycles. The van der Waals surface area contributed by atoms with Crippen LogP contribution in [0.3, 0.4) is 0 Å². The predicted octanol–water partition coefficient (Wildman–Crippen LogP) is 1.09. The van der Waals surface area contributed by atoms with E-state index in [2.05, 4.69) is 34.4 Å². The van der Waals surface area contributed by atoms with Crippen molar-refractivity contribution in [2.45, 2.75) is 25.9 Å². The highest BCUT2D eigenvalue weighted by Crippen LogP contribution is 2.12. The van der Waals surface area contributed by atoms with Crippen LogP contribution in [0.15, 0.2) is 18.3 Å². The number of anilines is 1. The average molecular weight is 395 g/mol. The van der Waals surface area contributed by atoms with E-state index in [0.717, 1.165) is 19.6 Å². The summed E-state index contributed by atoms with van der Waals surface area (Å²) in [5.74, 6) is 0.586. The molecule has 3 amide bonds. The number of carbonyl (C=O) groups is 2. The number of hydrogen-bond donors (Lipinski definition) is 2. The topological polar surface area (TPSA) is 80.8 Å². The fourth-order valence-electron chi connectivity index (χ4n) is 3.40. The van der Waals surface area contributed by atoms with Crippen molar-refractivity contribution in [1.82, 2.24) is 25.0 Å². The van der Waals surface area contributed by atoms with Crippen molar-refractivity contribution in [2.24, 2.45) is 0 Å². The van der Waals surface area contributed by atoms with Crippen LogP contribution in [0.2, 0.25) is 5.02 Å². The fraction of sp³-hybridized carbons (Fsp3) is 0.611. The van der Waals surface area contributed by atoms with Gasteiger partial charge in [0.05, 0.1) is 11.1 Å². The summed E-state index contributed by atoms with van der Waals surface area (Å²) in [5, 5.41) is 6.61. The third kappa shape index (κ3) is 5.09. The number of aromatic nitrogens is 1. The Balaban J connectivity index is 1.48. The van der Waals surface area contributed by atoms with Gasteiger partial charge in [0.15, 0.2) is 0 Å². The van der Waals surface area contributed by atoms with E-state index in [0.29, 0.717) is 43.1 Å². The molecule has 2 fully saturated rings. The molecule has 27 heavy (non-hydrogen) atoms. The standard InChI is InChI=1S/C18H27ClN6O2/c1-13(2)25-6-5-20-15(12-25)17(26)23-7-9-24(10-8-23)18(27)22-16-4-3-14(19)11-21-16/h3-4,11,13,15,20H,5-10,12H2,1-2H3,(H,21,22,27)/t15-/m1/s1. The van der Waals surface area contributed by atoms with E-state index in [1.807, 2.05) is 4.90 Å². The van der Waals surface area contributed by atoms with Gasteiger partial charge in [0.25, 0.3) is 0 Å². The Morgan fingerprint density at radius 3 is 2.52 bits per heavy atom. The maximum Gasteiger partial charge on any atom is 0.323 e. The van der Waals surface area contributed by atoms with Crippen molar-refractivity contribution in [2.75, 3.05) is 51.1 Å². The number of hydrogen-bond acceptors (Lipinski definition) is 5. The molecular formula is C18H27ClN6O2. The summed E-state index contributed by atoms with van der Waals surface area (Å²) in [4.78, 5) is 35.1. The number of nitrogens with zero attached hydrogens (tertiary/aromatic N) is 4. The Kier molecular flexibility index (Phi) is 6.51. The Hall–Kier alpha value is -1.90. The molecule has 0 saturated carbocycles. The third-order valence-corrected chi connectivity index (χ3v) is 5.30. The zero-order valence-corrected chi connectivity index (χ0v) is 16.6. The SMILES string of the molecule is CC(C)N1CCN[C@@H](C(=O)N2CCN(C(=O)Nc3ccc(Cl)cn3)CC2)C1. The Morgan fingerprint density at radius 2 is 1.89 bits per heavy atom. The molecule has 0 unspecified atom stereocenters. The summed E-state index contributed by atoms with van der Waals surface area (Å²) in [5.41, 5.74) is 0. The summed E-state index contributed by atoms with van der Waals surface area (Å²) in [6.07, 6.45) is 1.49. The van der Waals surface area contributed by atoms with Crippen molar-refractivity contribution in [3.63, 3.8) is 0 Å². The lowest BCUT2D eigenvalue weighted by atomic mass is 10.1. The molecule has 148 valence electrons. The number of halogens is 1. The predicted molar refractivity (Wildman–Crippen MR) is 105 cm³/mol. The van der Waals surface area contributed by atoms with Gasteiger partial charge in [0.2, 0.25) is 5.91 Å². The first-order valence-electron chi connectivity index (χ1n) is 9.38. The van der Waals surface area contributed by atoms with E-state index in [9.17, 15) is 9.59 Å². The van der Waals surface area contributed by atoms with Gasteiger partial charge in [0, 0.05) is 58.1 Å². The van der Waals surface area contributed by atoms with Crippen LogP contribution in [0, 0.1) is 0 Å². The highest BCUT2D eigenvalue weighted by Gasteiger charge is 2.32. The number of piperazine rings is 2. The first kappa shape index (κ1) is 19.9. The maximum absolute atomic E-state index is 12.8. The molecule has 0 radical (unpaired) electrons. The molecule has 0 bridgehead atoms. The summed E-state index contributed by atoms with van der Waals surface area (Å²) >= 11 is 5.80. The molecule has 2 aliphatic heterocycles. The van der Waals surface area contributed by atoms with Gasteiger partial charge in [-0.15, -0.1) is 0 Å². The van der Waals surface area contributed by atoms with Gasteiger partial charge in [-0.3, -0.25) is 15.0 Å². The molecular weight excluding hydrogens is 368 g/mol. The van der Waals surface area contributed by atoms with Gasteiger partial charge >= 0.3 is 6.03 Å². The molecule has 3 heterocycles. The number of amides is 3. The van der Waals surface area contributed by atoms with E-state index in [4.69, 9.17) is 11.6 Å². The Bertz CT molecular complexity index is 660. The fourth-order valence-corrected chi connectivity index (χ4v) is 3.51. The molecule has 2 aliphatic rings. The van der Waals surface area contributed by atoms with Crippen molar-refractivity contribution >= 4 is 29.4 Å². The number of rotatable bonds is 3. The minimum Gasteiger partial charge on any atom is -0.338 e. The summed E-state index contributed by atoms with van der Waals surface area (Å²) in [7, 11) is 0. The first-order valence-corrected chi connectivity index (χ1v) is 9.75. The van der Waals surface area contributed by atoms with Gasteiger partial charge in [0.1, 0.15) is 5.82 Å². The summed E-state index contributed by atoms with van der Waals surface area (Å²) < 4.78 is 0. The van der Waals surface area contributed by atoms with Crippen LogP contribution in [0.5, 0.6) is 0 Å². The largest absolute Gasteiger partial charge is 0.338 e. The van der Waals surface area contributed by atoms with Gasteiger partial charge in [-0.2, -0.15) is 0 Å². The van der Waals surface area contributed by atoms with Gasteiger partial charge in [-0.1, -0.05) is 11.6 Å². The van der Waals surface area contributed by atoms with E-state index in [1.165, 1.54) is 6.20 Å². The monoisotopic (exact) mass is 394 g/mol. The smallest absolute Gasteiger partial charge is 0.323 e. The van der Waals surface area contributed by atoms with Crippen LogP contribution in [0.1, 0.15) is 13.8 Å². The molecule has 2 saturated heterocycles. The van der Waals surface area contributed by atoms with Crippen molar-refractivity contribution in [3.8, 4) is 0 Å². The Labute approximate surface area is 164 Å². The number of pyridine rings is 1. The van der Waals surface area contributed by atoms with Crippen molar-refractivity contribution in [3.05, 3.63) is 23.4 Å². The first-order chi connectivity index (χ1) is 12.9. The van der Waals surface area contributed by atoms with Crippen molar-refractivity contribution in [1.29, 1.82) is 0 Å². The zero-order chi connectivity index (χ0) is 19.4. The molecule has 1 atom stereocenters. The highest BCUT2D eigenvalue weighted by atomic mass is 35.5. The van der Waals surface area contributed by atoms with Gasteiger partial charge < -0.3 is 15.1 Å². The van der Waals surface area contributed by atoms with Crippen LogP contribution < -0.4 is 10.6 Å². The van der Waals surface area contributed by atoms with Crippen LogP contribution in [0.4, 0.5) is 10.6 Å². The second-order valence-corrected chi connectivity index (χ2v) is 7.64. The zero-order valence-electron chi connectivity index (χ0n) is 15.8. The normalized spacial score (nSPS) is 21.4. The molecule has 2 N–H and O–H groups in total. The second kappa shape index (κ2) is 8.86. The summed E-state index contributed by atoms with van der Waals surface area (Å²) in [6.45, 7) is 8.93. The highest BCUT2D eigenvalue weighted by molar-refractivity contribution is 6.30. The lowest BCUT2D eigenvalue weighted by Gasteiger charge is -2.40.